The number of hydrogen-bond donors (Lipinski definition) is 1. The lowest BCUT2D eigenvalue weighted by molar-refractivity contribution is -0.113. The Balaban J connectivity index is 1.72. The maximum Gasteiger partial charge on any atom is 0.267 e. The molecule has 0 saturated heterocycles. The van der Waals surface area contributed by atoms with Crippen LogP contribution in [0.4, 0.5) is 5.69 Å². The van der Waals surface area contributed by atoms with Gasteiger partial charge in [-0.15, -0.1) is 11.8 Å². The van der Waals surface area contributed by atoms with E-state index in [0.29, 0.717) is 10.4 Å². The summed E-state index contributed by atoms with van der Waals surface area (Å²) in [7, 11) is 1.72. The minimum Gasteiger partial charge on any atom is -0.325 e. The minimum atomic E-state index is -0.0949. The molecule has 7 heteroatoms. The lowest BCUT2D eigenvalue weighted by Gasteiger charge is -2.13. The number of rotatable bonds is 4. The van der Waals surface area contributed by atoms with Crippen LogP contribution in [0, 0.1) is 20.8 Å². The standard InChI is InChI=1S/C19H23N3O2S2/c1-10-6-11(2)16(12(3)7-10)21-15(23)9-25-19-20-14-8-13(4)26-17(14)18(24)22(19)5/h6-7,13H,8-9H2,1-5H3,(H,21,23)/t13-/m0/s1. The van der Waals surface area contributed by atoms with Gasteiger partial charge >= 0.3 is 0 Å². The summed E-state index contributed by atoms with van der Waals surface area (Å²) >= 11 is 2.89. The number of fused-ring (bicyclic) bond motifs is 1. The molecule has 1 aliphatic rings. The second kappa shape index (κ2) is 7.48. The summed E-state index contributed by atoms with van der Waals surface area (Å²) in [6, 6.07) is 4.11. The third kappa shape index (κ3) is 3.83. The molecule has 2 heterocycles. The highest BCUT2D eigenvalue weighted by Crippen LogP contribution is 2.34. The summed E-state index contributed by atoms with van der Waals surface area (Å²) in [5.41, 5.74) is 4.99. The van der Waals surface area contributed by atoms with Crippen molar-refractivity contribution in [3.8, 4) is 0 Å². The zero-order valence-corrected chi connectivity index (χ0v) is 17.3. The molecular formula is C19H23N3O2S2. The van der Waals surface area contributed by atoms with Crippen molar-refractivity contribution < 1.29 is 4.79 Å². The Morgan fingerprint density at radius 1 is 1.35 bits per heavy atom. The predicted molar refractivity (Wildman–Crippen MR) is 109 cm³/mol. The van der Waals surface area contributed by atoms with Gasteiger partial charge in [0.2, 0.25) is 5.91 Å². The van der Waals surface area contributed by atoms with Crippen molar-refractivity contribution in [2.45, 2.75) is 49.4 Å². The van der Waals surface area contributed by atoms with Crippen molar-refractivity contribution in [3.63, 3.8) is 0 Å². The van der Waals surface area contributed by atoms with Crippen LogP contribution in [0.15, 0.2) is 27.0 Å². The van der Waals surface area contributed by atoms with E-state index in [1.54, 1.807) is 23.4 Å². The van der Waals surface area contributed by atoms with E-state index in [1.807, 2.05) is 20.8 Å². The molecule has 5 nitrogen and oxygen atoms in total. The molecule has 1 aromatic carbocycles. The van der Waals surface area contributed by atoms with Crippen LogP contribution in [-0.2, 0) is 18.3 Å². The van der Waals surface area contributed by atoms with Gasteiger partial charge < -0.3 is 5.32 Å². The van der Waals surface area contributed by atoms with E-state index in [-0.39, 0.29) is 17.2 Å². The third-order valence-corrected chi connectivity index (χ3v) is 6.60. The van der Waals surface area contributed by atoms with E-state index in [0.717, 1.165) is 33.8 Å². The molecule has 0 fully saturated rings. The summed E-state index contributed by atoms with van der Waals surface area (Å²) in [5, 5.41) is 3.96. The molecule has 3 rings (SSSR count). The van der Waals surface area contributed by atoms with Gasteiger partial charge in [0.05, 0.1) is 16.3 Å². The van der Waals surface area contributed by atoms with E-state index in [4.69, 9.17) is 0 Å². The van der Waals surface area contributed by atoms with E-state index < -0.39 is 0 Å². The van der Waals surface area contributed by atoms with Crippen LogP contribution < -0.4 is 10.9 Å². The number of hydrogen-bond acceptors (Lipinski definition) is 5. The molecule has 1 atom stereocenters. The van der Waals surface area contributed by atoms with Gasteiger partial charge in [0.1, 0.15) is 0 Å². The van der Waals surface area contributed by atoms with E-state index in [1.165, 1.54) is 17.3 Å². The first-order chi connectivity index (χ1) is 12.3. The molecule has 2 aromatic rings. The number of nitrogens with zero attached hydrogens (tertiary/aromatic N) is 2. The normalized spacial score (nSPS) is 15.8. The van der Waals surface area contributed by atoms with Gasteiger partial charge in [-0.1, -0.05) is 36.4 Å². The topological polar surface area (TPSA) is 64.0 Å². The number of nitrogens with one attached hydrogen (secondary N) is 1. The lowest BCUT2D eigenvalue weighted by Crippen LogP contribution is -2.23. The Bertz CT molecular complexity index is 914. The van der Waals surface area contributed by atoms with Gasteiger partial charge in [0, 0.05) is 24.4 Å². The maximum atomic E-state index is 12.5. The Hall–Kier alpha value is -1.73. The fourth-order valence-corrected chi connectivity index (χ4v) is 5.12. The molecule has 26 heavy (non-hydrogen) atoms. The van der Waals surface area contributed by atoms with Gasteiger partial charge in [-0.2, -0.15) is 0 Å². The summed E-state index contributed by atoms with van der Waals surface area (Å²) in [4.78, 5) is 30.2. The molecule has 0 spiro atoms. The van der Waals surface area contributed by atoms with Crippen LogP contribution >= 0.6 is 23.5 Å². The highest BCUT2D eigenvalue weighted by atomic mass is 32.2. The molecule has 0 saturated carbocycles. The van der Waals surface area contributed by atoms with Crippen molar-refractivity contribution in [3.05, 3.63) is 44.9 Å². The maximum absolute atomic E-state index is 12.5. The summed E-state index contributed by atoms with van der Waals surface area (Å²) in [5.74, 6) is 0.122. The average Bonchev–Trinajstić information content (AvgIpc) is 2.93. The number of aryl methyl sites for hydroxylation is 3. The highest BCUT2D eigenvalue weighted by Gasteiger charge is 2.25. The van der Waals surface area contributed by atoms with Crippen LogP contribution in [0.25, 0.3) is 0 Å². The Kier molecular flexibility index (Phi) is 5.48. The van der Waals surface area contributed by atoms with Crippen molar-refractivity contribution in [2.75, 3.05) is 11.1 Å². The van der Waals surface area contributed by atoms with Gasteiger partial charge in [-0.25, -0.2) is 4.98 Å². The van der Waals surface area contributed by atoms with Gasteiger partial charge in [0.25, 0.3) is 5.56 Å². The van der Waals surface area contributed by atoms with Crippen molar-refractivity contribution in [2.24, 2.45) is 7.05 Å². The molecule has 0 aliphatic carbocycles. The SMILES string of the molecule is Cc1cc(C)c(NC(=O)CSc2nc3c(c(=O)n2C)S[C@@H](C)C3)c(C)c1. The van der Waals surface area contributed by atoms with Crippen LogP contribution in [0.1, 0.15) is 29.3 Å². The van der Waals surface area contributed by atoms with E-state index in [2.05, 4.69) is 29.4 Å². The third-order valence-electron chi connectivity index (χ3n) is 4.35. The molecule has 0 radical (unpaired) electrons. The number of thioether (sulfide) groups is 2. The molecule has 0 unspecified atom stereocenters. The quantitative estimate of drug-likeness (QED) is 0.641. The number of carbonyl (C=O) groups is 1. The summed E-state index contributed by atoms with van der Waals surface area (Å²) in [6.45, 7) is 8.12. The second-order valence-electron chi connectivity index (χ2n) is 6.78. The van der Waals surface area contributed by atoms with E-state index in [9.17, 15) is 9.59 Å². The zero-order valence-electron chi connectivity index (χ0n) is 15.7. The first-order valence-electron chi connectivity index (χ1n) is 8.53. The van der Waals surface area contributed by atoms with Gasteiger partial charge in [-0.3, -0.25) is 14.2 Å². The van der Waals surface area contributed by atoms with Crippen LogP contribution in [0.2, 0.25) is 0 Å². The van der Waals surface area contributed by atoms with Crippen LogP contribution in [0.3, 0.4) is 0 Å². The Morgan fingerprint density at radius 3 is 2.65 bits per heavy atom. The monoisotopic (exact) mass is 389 g/mol. The summed E-state index contributed by atoms with van der Waals surface area (Å²) < 4.78 is 1.55. The molecule has 1 N–H and O–H groups in total. The van der Waals surface area contributed by atoms with Gasteiger partial charge in [-0.05, 0) is 31.9 Å². The van der Waals surface area contributed by atoms with Crippen molar-refractivity contribution >= 4 is 35.1 Å². The largest absolute Gasteiger partial charge is 0.325 e. The molecule has 1 aliphatic heterocycles. The van der Waals surface area contributed by atoms with Crippen molar-refractivity contribution in [1.82, 2.24) is 9.55 Å². The molecule has 0 bridgehead atoms. The molecule has 138 valence electrons. The van der Waals surface area contributed by atoms with E-state index >= 15 is 0 Å². The van der Waals surface area contributed by atoms with Crippen LogP contribution in [-0.4, -0.2) is 26.5 Å². The molecule has 1 amide bonds. The van der Waals surface area contributed by atoms with Crippen LogP contribution in [0.5, 0.6) is 0 Å². The number of anilines is 1. The Labute approximate surface area is 162 Å². The first kappa shape index (κ1) is 19.0. The Morgan fingerprint density at radius 2 is 2.00 bits per heavy atom. The second-order valence-corrected chi connectivity index (χ2v) is 9.17. The summed E-state index contributed by atoms with van der Waals surface area (Å²) in [6.07, 6.45) is 0.803. The fourth-order valence-electron chi connectivity index (χ4n) is 3.19. The number of carbonyl (C=O) groups excluding carboxylic acids is 1. The number of aromatic nitrogens is 2. The highest BCUT2D eigenvalue weighted by molar-refractivity contribution is 8.00. The van der Waals surface area contributed by atoms with Crippen molar-refractivity contribution in [1.29, 1.82) is 0 Å². The fraction of sp³-hybridized carbons (Fsp3) is 0.421. The smallest absolute Gasteiger partial charge is 0.267 e. The molecule has 1 aromatic heterocycles. The lowest BCUT2D eigenvalue weighted by atomic mass is 10.1. The zero-order chi connectivity index (χ0) is 19.0. The first-order valence-corrected chi connectivity index (χ1v) is 10.4. The average molecular weight is 390 g/mol. The van der Waals surface area contributed by atoms with Gasteiger partial charge in [0.15, 0.2) is 5.16 Å². The predicted octanol–water partition coefficient (Wildman–Crippen LogP) is 3.47. The minimum absolute atomic E-state index is 0.0162. The number of benzene rings is 1. The number of amides is 1. The molecular weight excluding hydrogens is 366 g/mol.